The van der Waals surface area contributed by atoms with Gasteiger partial charge in [0.15, 0.2) is 0 Å². The summed E-state index contributed by atoms with van der Waals surface area (Å²) in [4.78, 5) is 27.6. The molecule has 1 amide bonds. The molecule has 25 heavy (non-hydrogen) atoms. The Bertz CT molecular complexity index is 728. The Morgan fingerprint density at radius 3 is 2.44 bits per heavy atom. The molecule has 2 aliphatic rings. The molecule has 3 rings (SSSR count). The number of nitrogens with one attached hydrogen (secondary N) is 1. The number of nitrogens with zero attached hydrogens (tertiary/aromatic N) is 1. The van der Waals surface area contributed by atoms with Crippen LogP contribution in [0, 0.1) is 6.92 Å². The molecule has 0 bridgehead atoms. The summed E-state index contributed by atoms with van der Waals surface area (Å²) in [6.07, 6.45) is 1.32. The van der Waals surface area contributed by atoms with Crippen molar-refractivity contribution in [1.29, 1.82) is 0 Å². The van der Waals surface area contributed by atoms with Crippen LogP contribution in [0.2, 0.25) is 0 Å². The number of carbonyl (C=O) groups is 2. The highest BCUT2D eigenvalue weighted by Gasteiger charge is 2.50. The van der Waals surface area contributed by atoms with Crippen LogP contribution >= 0.6 is 0 Å². The van der Waals surface area contributed by atoms with Gasteiger partial charge in [0.2, 0.25) is 0 Å². The van der Waals surface area contributed by atoms with E-state index in [1.807, 2.05) is 31.2 Å². The standard InChI is InChI=1S/C20H26N2O3/c1-13(2)22-11-9-20(10-12-22)17(15(4)19(24)25-20)18(23)21-16-8-6-5-7-14(16)3/h5-8,13H,9-12H2,1-4H3,(H,21,23). The molecule has 0 atom stereocenters. The van der Waals surface area contributed by atoms with Crippen LogP contribution in [0.4, 0.5) is 5.69 Å². The molecule has 5 nitrogen and oxygen atoms in total. The summed E-state index contributed by atoms with van der Waals surface area (Å²) in [7, 11) is 0. The number of amides is 1. The topological polar surface area (TPSA) is 58.6 Å². The van der Waals surface area contributed by atoms with Crippen LogP contribution in [0.3, 0.4) is 0 Å². The lowest BCUT2D eigenvalue weighted by Gasteiger charge is -2.40. The molecule has 0 aromatic heterocycles. The smallest absolute Gasteiger partial charge is 0.335 e. The third-order valence-electron chi connectivity index (χ3n) is 5.38. The fourth-order valence-electron chi connectivity index (χ4n) is 3.78. The van der Waals surface area contributed by atoms with E-state index < -0.39 is 5.60 Å². The van der Waals surface area contributed by atoms with Crippen LogP contribution in [-0.4, -0.2) is 41.5 Å². The fraction of sp³-hybridized carbons (Fsp3) is 0.500. The van der Waals surface area contributed by atoms with Crippen molar-refractivity contribution >= 4 is 17.6 Å². The van der Waals surface area contributed by atoms with Gasteiger partial charge < -0.3 is 15.0 Å². The number of rotatable bonds is 3. The monoisotopic (exact) mass is 342 g/mol. The van der Waals surface area contributed by atoms with Crippen molar-refractivity contribution < 1.29 is 14.3 Å². The number of hydrogen-bond donors (Lipinski definition) is 1. The van der Waals surface area contributed by atoms with Gasteiger partial charge in [0.25, 0.3) is 5.91 Å². The molecule has 0 unspecified atom stereocenters. The quantitative estimate of drug-likeness (QED) is 0.858. The van der Waals surface area contributed by atoms with Crippen LogP contribution in [0.1, 0.15) is 39.2 Å². The summed E-state index contributed by atoms with van der Waals surface area (Å²) in [5.41, 5.74) is 1.91. The number of para-hydroxylation sites is 1. The van der Waals surface area contributed by atoms with E-state index in [0.29, 0.717) is 30.0 Å². The summed E-state index contributed by atoms with van der Waals surface area (Å²) in [5, 5.41) is 2.97. The summed E-state index contributed by atoms with van der Waals surface area (Å²) < 4.78 is 5.73. The van der Waals surface area contributed by atoms with Crippen LogP contribution in [0.15, 0.2) is 35.4 Å². The molecule has 2 heterocycles. The van der Waals surface area contributed by atoms with Gasteiger partial charge in [-0.15, -0.1) is 0 Å². The van der Waals surface area contributed by atoms with Crippen LogP contribution < -0.4 is 5.32 Å². The zero-order valence-corrected chi connectivity index (χ0v) is 15.4. The number of benzene rings is 1. The Hall–Kier alpha value is -2.14. The second kappa shape index (κ2) is 6.64. The summed E-state index contributed by atoms with van der Waals surface area (Å²) in [6.45, 7) is 9.60. The van der Waals surface area contributed by atoms with Crippen molar-refractivity contribution in [3.8, 4) is 0 Å². The van der Waals surface area contributed by atoms with E-state index in [9.17, 15) is 9.59 Å². The van der Waals surface area contributed by atoms with Gasteiger partial charge in [0.05, 0.1) is 5.57 Å². The molecule has 0 radical (unpaired) electrons. The van der Waals surface area contributed by atoms with Crippen molar-refractivity contribution in [1.82, 2.24) is 4.90 Å². The Balaban J connectivity index is 1.86. The summed E-state index contributed by atoms with van der Waals surface area (Å²) in [5.74, 6) is -0.594. The average Bonchev–Trinajstić information content (AvgIpc) is 2.80. The minimum absolute atomic E-state index is 0.226. The van der Waals surface area contributed by atoms with Gasteiger partial charge in [-0.05, 0) is 39.3 Å². The molecule has 1 aromatic rings. The fourth-order valence-corrected chi connectivity index (χ4v) is 3.78. The SMILES string of the molecule is CC1=C(C(=O)Nc2ccccc2C)C2(CCN(C(C)C)CC2)OC1=O. The minimum atomic E-state index is -0.778. The molecule has 134 valence electrons. The lowest BCUT2D eigenvalue weighted by molar-refractivity contribution is -0.151. The highest BCUT2D eigenvalue weighted by Crippen LogP contribution is 2.41. The third-order valence-corrected chi connectivity index (χ3v) is 5.38. The average molecular weight is 342 g/mol. The van der Waals surface area contributed by atoms with Gasteiger partial charge in [0, 0.05) is 43.2 Å². The minimum Gasteiger partial charge on any atom is -0.450 e. The predicted octanol–water partition coefficient (Wildman–Crippen LogP) is 3.05. The second-order valence-electron chi connectivity index (χ2n) is 7.28. The number of aryl methyl sites for hydroxylation is 1. The van der Waals surface area contributed by atoms with Crippen molar-refractivity contribution in [2.24, 2.45) is 0 Å². The molecule has 1 saturated heterocycles. The molecule has 5 heteroatoms. The maximum atomic E-state index is 13.0. The number of ether oxygens (including phenoxy) is 1. The normalized spacial score (nSPS) is 20.3. The lowest BCUT2D eigenvalue weighted by Crippen LogP contribution is -2.49. The summed E-state index contributed by atoms with van der Waals surface area (Å²) in [6, 6.07) is 8.08. The van der Waals surface area contributed by atoms with Crippen LogP contribution in [-0.2, 0) is 14.3 Å². The number of piperidine rings is 1. The molecule has 0 saturated carbocycles. The molecular weight excluding hydrogens is 316 g/mol. The van der Waals surface area contributed by atoms with Gasteiger partial charge in [-0.3, -0.25) is 4.79 Å². The van der Waals surface area contributed by atoms with Crippen molar-refractivity contribution in [3.63, 3.8) is 0 Å². The molecule has 1 N–H and O–H groups in total. The first kappa shape index (κ1) is 17.7. The number of anilines is 1. The molecule has 1 aromatic carbocycles. The highest BCUT2D eigenvalue weighted by atomic mass is 16.6. The molecule has 2 aliphatic heterocycles. The Morgan fingerprint density at radius 2 is 1.84 bits per heavy atom. The predicted molar refractivity (Wildman–Crippen MR) is 97.3 cm³/mol. The van der Waals surface area contributed by atoms with Gasteiger partial charge in [-0.25, -0.2) is 4.79 Å². The highest BCUT2D eigenvalue weighted by molar-refractivity contribution is 6.12. The van der Waals surface area contributed by atoms with E-state index >= 15 is 0 Å². The molecule has 1 fully saturated rings. The Morgan fingerprint density at radius 1 is 1.20 bits per heavy atom. The number of hydrogen-bond acceptors (Lipinski definition) is 4. The van der Waals surface area contributed by atoms with Gasteiger partial charge >= 0.3 is 5.97 Å². The van der Waals surface area contributed by atoms with Gasteiger partial charge in [-0.2, -0.15) is 0 Å². The number of carbonyl (C=O) groups excluding carboxylic acids is 2. The molecule has 1 spiro atoms. The van der Waals surface area contributed by atoms with E-state index in [0.717, 1.165) is 24.3 Å². The van der Waals surface area contributed by atoms with E-state index in [1.54, 1.807) is 6.92 Å². The first-order valence-corrected chi connectivity index (χ1v) is 8.90. The lowest BCUT2D eigenvalue weighted by atomic mass is 9.82. The third kappa shape index (κ3) is 3.21. The number of esters is 1. The van der Waals surface area contributed by atoms with Crippen molar-refractivity contribution in [2.45, 2.75) is 52.2 Å². The van der Waals surface area contributed by atoms with Gasteiger partial charge in [0.1, 0.15) is 5.60 Å². The first-order valence-electron chi connectivity index (χ1n) is 8.90. The van der Waals surface area contributed by atoms with E-state index in [-0.39, 0.29) is 11.9 Å². The second-order valence-corrected chi connectivity index (χ2v) is 7.28. The van der Waals surface area contributed by atoms with E-state index in [1.165, 1.54) is 0 Å². The largest absolute Gasteiger partial charge is 0.450 e. The molecule has 0 aliphatic carbocycles. The molecular formula is C20H26N2O3. The first-order chi connectivity index (χ1) is 11.8. The number of likely N-dealkylation sites (tertiary alicyclic amines) is 1. The zero-order chi connectivity index (χ0) is 18.2. The van der Waals surface area contributed by atoms with E-state index in [4.69, 9.17) is 4.74 Å². The zero-order valence-electron chi connectivity index (χ0n) is 15.4. The maximum absolute atomic E-state index is 13.0. The van der Waals surface area contributed by atoms with Crippen LogP contribution in [0.5, 0.6) is 0 Å². The Labute approximate surface area is 149 Å². The Kier molecular flexibility index (Phi) is 4.69. The van der Waals surface area contributed by atoms with E-state index in [2.05, 4.69) is 24.1 Å². The van der Waals surface area contributed by atoms with Crippen molar-refractivity contribution in [2.75, 3.05) is 18.4 Å². The maximum Gasteiger partial charge on any atom is 0.335 e. The van der Waals surface area contributed by atoms with Gasteiger partial charge in [-0.1, -0.05) is 18.2 Å². The van der Waals surface area contributed by atoms with Crippen LogP contribution in [0.25, 0.3) is 0 Å². The summed E-state index contributed by atoms with van der Waals surface area (Å²) >= 11 is 0. The van der Waals surface area contributed by atoms with Crippen molar-refractivity contribution in [3.05, 3.63) is 41.0 Å².